The van der Waals surface area contributed by atoms with Gasteiger partial charge in [0.25, 0.3) is 0 Å². The van der Waals surface area contributed by atoms with Gasteiger partial charge in [0.05, 0.1) is 18.5 Å². The first kappa shape index (κ1) is 14.4. The van der Waals surface area contributed by atoms with Gasteiger partial charge in [0, 0.05) is 18.5 Å². The van der Waals surface area contributed by atoms with Gasteiger partial charge < -0.3 is 9.64 Å². The molecule has 0 saturated heterocycles. The third-order valence-electron chi connectivity index (χ3n) is 3.34. The number of aromatic nitrogens is 2. The number of halogens is 1. The van der Waals surface area contributed by atoms with Crippen molar-refractivity contribution in [1.82, 2.24) is 9.97 Å². The third-order valence-corrected chi connectivity index (χ3v) is 3.51. The largest absolute Gasteiger partial charge is 0.474 e. The summed E-state index contributed by atoms with van der Waals surface area (Å²) in [6.07, 6.45) is 8.59. The van der Waals surface area contributed by atoms with Gasteiger partial charge in [-0.3, -0.25) is 4.98 Å². The topological polar surface area (TPSA) is 38.2 Å². The van der Waals surface area contributed by atoms with Crippen LogP contribution >= 0.6 is 11.6 Å². The molecule has 5 heteroatoms. The van der Waals surface area contributed by atoms with Crippen LogP contribution in [0, 0.1) is 0 Å². The first-order chi connectivity index (χ1) is 9.20. The number of hydrogen-bond acceptors (Lipinski definition) is 4. The molecule has 0 atom stereocenters. The lowest BCUT2D eigenvalue weighted by Crippen LogP contribution is -2.35. The van der Waals surface area contributed by atoms with Gasteiger partial charge in [-0.05, 0) is 26.7 Å². The van der Waals surface area contributed by atoms with Gasteiger partial charge >= 0.3 is 0 Å². The zero-order chi connectivity index (χ0) is 13.7. The summed E-state index contributed by atoms with van der Waals surface area (Å²) in [4.78, 5) is 11.1. The molecule has 1 aromatic rings. The molecule has 0 bridgehead atoms. The standard InChI is InChI=1S/C14H22ClN3O/c1-11(2)19-14-10-16-9-13(17-14)18(8-7-15)12-5-3-4-6-12/h9-12H,3-8H2,1-2H3. The van der Waals surface area contributed by atoms with Crippen LogP contribution in [0.3, 0.4) is 0 Å². The Morgan fingerprint density at radius 2 is 2.11 bits per heavy atom. The molecule has 19 heavy (non-hydrogen) atoms. The minimum atomic E-state index is 0.109. The maximum Gasteiger partial charge on any atom is 0.234 e. The molecule has 0 unspecified atom stereocenters. The lowest BCUT2D eigenvalue weighted by molar-refractivity contribution is 0.231. The predicted octanol–water partition coefficient (Wildman–Crippen LogP) is 3.25. The van der Waals surface area contributed by atoms with Crippen molar-refractivity contribution in [3.63, 3.8) is 0 Å². The Balaban J connectivity index is 2.15. The SMILES string of the molecule is CC(C)Oc1cncc(N(CCCl)C2CCCC2)n1. The summed E-state index contributed by atoms with van der Waals surface area (Å²) >= 11 is 5.93. The van der Waals surface area contributed by atoms with Crippen molar-refractivity contribution in [3.8, 4) is 5.88 Å². The summed E-state index contributed by atoms with van der Waals surface area (Å²) in [6, 6.07) is 0.544. The Morgan fingerprint density at radius 3 is 2.74 bits per heavy atom. The molecular formula is C14H22ClN3O. The van der Waals surface area contributed by atoms with Crippen LogP contribution < -0.4 is 9.64 Å². The molecule has 0 amide bonds. The van der Waals surface area contributed by atoms with E-state index in [0.29, 0.717) is 17.8 Å². The molecule has 0 aromatic carbocycles. The van der Waals surface area contributed by atoms with Gasteiger partial charge in [-0.1, -0.05) is 12.8 Å². The fourth-order valence-electron chi connectivity index (χ4n) is 2.57. The van der Waals surface area contributed by atoms with E-state index in [1.807, 2.05) is 13.8 Å². The van der Waals surface area contributed by atoms with Gasteiger partial charge in [-0.15, -0.1) is 11.6 Å². The van der Waals surface area contributed by atoms with E-state index in [9.17, 15) is 0 Å². The summed E-state index contributed by atoms with van der Waals surface area (Å²) in [6.45, 7) is 4.79. The Hall–Kier alpha value is -1.03. The Morgan fingerprint density at radius 1 is 1.37 bits per heavy atom. The van der Waals surface area contributed by atoms with Crippen molar-refractivity contribution in [3.05, 3.63) is 12.4 Å². The first-order valence-corrected chi connectivity index (χ1v) is 7.55. The molecule has 1 saturated carbocycles. The molecule has 1 aliphatic rings. The van der Waals surface area contributed by atoms with Gasteiger partial charge in [0.2, 0.25) is 5.88 Å². The zero-order valence-electron chi connectivity index (χ0n) is 11.7. The summed E-state index contributed by atoms with van der Waals surface area (Å²) in [5, 5.41) is 0. The number of ether oxygens (including phenoxy) is 1. The van der Waals surface area contributed by atoms with Crippen LogP contribution in [0.1, 0.15) is 39.5 Å². The Bertz CT molecular complexity index is 394. The van der Waals surface area contributed by atoms with E-state index in [1.54, 1.807) is 12.4 Å². The van der Waals surface area contributed by atoms with Crippen molar-refractivity contribution in [2.45, 2.75) is 51.7 Å². The third kappa shape index (κ3) is 3.96. The van der Waals surface area contributed by atoms with Crippen molar-refractivity contribution in [1.29, 1.82) is 0 Å². The second-order valence-corrected chi connectivity index (χ2v) is 5.58. The zero-order valence-corrected chi connectivity index (χ0v) is 12.4. The highest BCUT2D eigenvalue weighted by Gasteiger charge is 2.23. The van der Waals surface area contributed by atoms with E-state index < -0.39 is 0 Å². The van der Waals surface area contributed by atoms with Crippen molar-refractivity contribution >= 4 is 17.4 Å². The fraction of sp³-hybridized carbons (Fsp3) is 0.714. The van der Waals surface area contributed by atoms with Crippen LogP contribution in [0.25, 0.3) is 0 Å². The number of hydrogen-bond donors (Lipinski definition) is 0. The van der Waals surface area contributed by atoms with Gasteiger partial charge in [-0.2, -0.15) is 4.98 Å². The number of rotatable bonds is 6. The minimum absolute atomic E-state index is 0.109. The van der Waals surface area contributed by atoms with Crippen LogP contribution in [0.2, 0.25) is 0 Å². The molecule has 1 aliphatic carbocycles. The number of nitrogens with zero attached hydrogens (tertiary/aromatic N) is 3. The summed E-state index contributed by atoms with van der Waals surface area (Å²) in [5.74, 6) is 2.07. The van der Waals surface area contributed by atoms with E-state index in [4.69, 9.17) is 16.3 Å². The monoisotopic (exact) mass is 283 g/mol. The average Bonchev–Trinajstić information content (AvgIpc) is 2.89. The van der Waals surface area contributed by atoms with E-state index in [1.165, 1.54) is 25.7 Å². The van der Waals surface area contributed by atoms with E-state index in [-0.39, 0.29) is 6.10 Å². The molecule has 1 aromatic heterocycles. The quantitative estimate of drug-likeness (QED) is 0.751. The predicted molar refractivity (Wildman–Crippen MR) is 78.1 cm³/mol. The second kappa shape index (κ2) is 6.94. The average molecular weight is 284 g/mol. The molecule has 4 nitrogen and oxygen atoms in total. The minimum Gasteiger partial charge on any atom is -0.474 e. The summed E-state index contributed by atoms with van der Waals surface area (Å²) in [5.41, 5.74) is 0. The van der Waals surface area contributed by atoms with Crippen molar-refractivity contribution in [2.24, 2.45) is 0 Å². The van der Waals surface area contributed by atoms with Crippen LogP contribution in [-0.4, -0.2) is 34.5 Å². The molecule has 0 spiro atoms. The maximum absolute atomic E-state index is 5.93. The maximum atomic E-state index is 5.93. The highest BCUT2D eigenvalue weighted by molar-refractivity contribution is 6.18. The molecule has 1 fully saturated rings. The normalized spacial score (nSPS) is 16.0. The Labute approximate surface area is 120 Å². The summed E-state index contributed by atoms with van der Waals surface area (Å²) < 4.78 is 5.61. The molecule has 1 heterocycles. The highest BCUT2D eigenvalue weighted by Crippen LogP contribution is 2.27. The molecular weight excluding hydrogens is 262 g/mol. The lowest BCUT2D eigenvalue weighted by atomic mass is 10.2. The highest BCUT2D eigenvalue weighted by atomic mass is 35.5. The van der Waals surface area contributed by atoms with Gasteiger partial charge in [0.15, 0.2) is 5.82 Å². The Kier molecular flexibility index (Phi) is 5.25. The molecule has 106 valence electrons. The van der Waals surface area contributed by atoms with Crippen LogP contribution in [0.5, 0.6) is 5.88 Å². The summed E-state index contributed by atoms with van der Waals surface area (Å²) in [7, 11) is 0. The number of anilines is 1. The molecule has 2 rings (SSSR count). The number of alkyl halides is 1. The second-order valence-electron chi connectivity index (χ2n) is 5.20. The van der Waals surface area contributed by atoms with E-state index in [0.717, 1.165) is 12.4 Å². The van der Waals surface area contributed by atoms with Crippen molar-refractivity contribution in [2.75, 3.05) is 17.3 Å². The lowest BCUT2D eigenvalue weighted by Gasteiger charge is -2.29. The van der Waals surface area contributed by atoms with Crippen LogP contribution in [0.15, 0.2) is 12.4 Å². The molecule has 0 radical (unpaired) electrons. The molecule has 0 N–H and O–H groups in total. The van der Waals surface area contributed by atoms with Crippen LogP contribution in [0.4, 0.5) is 5.82 Å². The molecule has 0 aliphatic heterocycles. The van der Waals surface area contributed by atoms with E-state index >= 15 is 0 Å². The van der Waals surface area contributed by atoms with Crippen LogP contribution in [-0.2, 0) is 0 Å². The first-order valence-electron chi connectivity index (χ1n) is 7.02. The van der Waals surface area contributed by atoms with E-state index in [2.05, 4.69) is 14.9 Å². The fourth-order valence-corrected chi connectivity index (χ4v) is 2.75. The van der Waals surface area contributed by atoms with Gasteiger partial charge in [-0.25, -0.2) is 0 Å². The van der Waals surface area contributed by atoms with Gasteiger partial charge in [0.1, 0.15) is 0 Å². The van der Waals surface area contributed by atoms with Crippen molar-refractivity contribution < 1.29 is 4.74 Å². The smallest absolute Gasteiger partial charge is 0.234 e.